The third-order valence-electron chi connectivity index (χ3n) is 4.18. The molecule has 0 aliphatic heterocycles. The third-order valence-corrected chi connectivity index (χ3v) is 5.80. The lowest BCUT2D eigenvalue weighted by molar-refractivity contribution is -0.123. The molecular formula is C20H22BrN3O4S. The monoisotopic (exact) mass is 479 g/mol. The fourth-order valence-electron chi connectivity index (χ4n) is 2.49. The number of carbonyl (C=O) groups is 3. The molecule has 0 atom stereocenters. The van der Waals surface area contributed by atoms with E-state index in [-0.39, 0.29) is 30.9 Å². The summed E-state index contributed by atoms with van der Waals surface area (Å²) in [6.07, 6.45) is 2.76. The topological polar surface area (TPSA) is 96.5 Å². The summed E-state index contributed by atoms with van der Waals surface area (Å²) in [4.78, 5) is 35.9. The molecule has 154 valence electrons. The lowest BCUT2D eigenvalue weighted by Crippen LogP contribution is -2.37. The van der Waals surface area contributed by atoms with Crippen LogP contribution in [0.25, 0.3) is 0 Å². The molecule has 3 amide bonds. The lowest BCUT2D eigenvalue weighted by atomic mass is 10.1. The van der Waals surface area contributed by atoms with Gasteiger partial charge in [0.2, 0.25) is 5.91 Å². The summed E-state index contributed by atoms with van der Waals surface area (Å²) in [6.45, 7) is 0.410. The minimum atomic E-state index is -0.266. The van der Waals surface area contributed by atoms with E-state index >= 15 is 0 Å². The fourth-order valence-corrected chi connectivity index (χ4v) is 3.79. The molecule has 0 saturated heterocycles. The molecule has 3 N–H and O–H groups in total. The van der Waals surface area contributed by atoms with Gasteiger partial charge >= 0.3 is 0 Å². The van der Waals surface area contributed by atoms with Crippen LogP contribution in [-0.2, 0) is 16.0 Å². The Hall–Kier alpha value is -2.39. The number of amides is 3. The molecule has 1 aliphatic rings. The summed E-state index contributed by atoms with van der Waals surface area (Å²) in [5.74, 6) is 0.0256. The van der Waals surface area contributed by atoms with Crippen LogP contribution in [0, 0.1) is 0 Å². The van der Waals surface area contributed by atoms with Gasteiger partial charge in [-0.2, -0.15) is 0 Å². The summed E-state index contributed by atoms with van der Waals surface area (Å²) in [5.41, 5.74) is 1.03. The van der Waals surface area contributed by atoms with Crippen molar-refractivity contribution < 1.29 is 19.1 Å². The van der Waals surface area contributed by atoms with E-state index in [2.05, 4.69) is 31.9 Å². The van der Waals surface area contributed by atoms with Gasteiger partial charge in [-0.1, -0.05) is 12.1 Å². The second kappa shape index (κ2) is 10.4. The van der Waals surface area contributed by atoms with Gasteiger partial charge in [0.15, 0.2) is 6.61 Å². The first kappa shape index (κ1) is 21.3. The zero-order valence-electron chi connectivity index (χ0n) is 15.7. The Morgan fingerprint density at radius 1 is 1.03 bits per heavy atom. The van der Waals surface area contributed by atoms with Crippen LogP contribution < -0.4 is 20.7 Å². The molecule has 1 fully saturated rings. The number of ether oxygens (including phenoxy) is 1. The van der Waals surface area contributed by atoms with Crippen LogP contribution in [-0.4, -0.2) is 43.5 Å². The molecule has 9 heteroatoms. The first-order valence-corrected chi connectivity index (χ1v) is 10.9. The average molecular weight is 480 g/mol. The van der Waals surface area contributed by atoms with Crippen molar-refractivity contribution in [1.29, 1.82) is 0 Å². The minimum Gasteiger partial charge on any atom is -0.484 e. The number of carbonyl (C=O) groups excluding carboxylic acids is 3. The number of nitrogens with one attached hydrogen (secondary N) is 3. The van der Waals surface area contributed by atoms with Crippen molar-refractivity contribution in [2.45, 2.75) is 25.3 Å². The highest BCUT2D eigenvalue weighted by molar-refractivity contribution is 9.11. The van der Waals surface area contributed by atoms with E-state index in [0.29, 0.717) is 29.6 Å². The molecule has 0 radical (unpaired) electrons. The summed E-state index contributed by atoms with van der Waals surface area (Å²) < 4.78 is 6.33. The summed E-state index contributed by atoms with van der Waals surface area (Å²) in [5, 5.41) is 8.24. The van der Waals surface area contributed by atoms with Crippen LogP contribution in [0.4, 0.5) is 0 Å². The predicted molar refractivity (Wildman–Crippen MR) is 114 cm³/mol. The molecule has 2 aromatic rings. The first-order valence-electron chi connectivity index (χ1n) is 9.31. The number of hydrogen-bond acceptors (Lipinski definition) is 5. The summed E-state index contributed by atoms with van der Waals surface area (Å²) in [7, 11) is 0. The number of benzene rings is 1. The molecule has 0 bridgehead atoms. The van der Waals surface area contributed by atoms with Gasteiger partial charge in [0.05, 0.1) is 15.2 Å². The van der Waals surface area contributed by atoms with Crippen LogP contribution in [0.2, 0.25) is 0 Å². The smallest absolute Gasteiger partial charge is 0.261 e. The minimum absolute atomic E-state index is 0.0139. The van der Waals surface area contributed by atoms with Gasteiger partial charge in [0, 0.05) is 12.6 Å². The van der Waals surface area contributed by atoms with Gasteiger partial charge in [0.1, 0.15) is 5.75 Å². The highest BCUT2D eigenvalue weighted by atomic mass is 79.9. The third kappa shape index (κ3) is 7.51. The zero-order chi connectivity index (χ0) is 20.6. The Bertz CT molecular complexity index is 865. The van der Waals surface area contributed by atoms with Gasteiger partial charge in [-0.15, -0.1) is 11.3 Å². The highest BCUT2D eigenvalue weighted by Crippen LogP contribution is 2.21. The van der Waals surface area contributed by atoms with E-state index in [1.165, 1.54) is 11.3 Å². The van der Waals surface area contributed by atoms with Crippen molar-refractivity contribution in [2.24, 2.45) is 0 Å². The molecule has 1 aromatic heterocycles. The largest absolute Gasteiger partial charge is 0.484 e. The van der Waals surface area contributed by atoms with Gasteiger partial charge in [-0.3, -0.25) is 14.4 Å². The van der Waals surface area contributed by atoms with Crippen LogP contribution >= 0.6 is 27.3 Å². The quantitative estimate of drug-likeness (QED) is 0.486. The maximum absolute atomic E-state index is 11.9. The summed E-state index contributed by atoms with van der Waals surface area (Å²) >= 11 is 4.61. The number of thiophene rings is 1. The van der Waals surface area contributed by atoms with E-state index in [4.69, 9.17) is 4.74 Å². The molecule has 7 nitrogen and oxygen atoms in total. The summed E-state index contributed by atoms with van der Waals surface area (Å²) in [6, 6.07) is 11.2. The van der Waals surface area contributed by atoms with Crippen molar-refractivity contribution in [2.75, 3.05) is 19.7 Å². The number of rotatable bonds is 10. The Kier molecular flexibility index (Phi) is 7.65. The van der Waals surface area contributed by atoms with E-state index in [0.717, 1.165) is 22.2 Å². The number of hydrogen-bond donors (Lipinski definition) is 3. The first-order chi connectivity index (χ1) is 14.0. The standard InChI is InChI=1S/C20H22BrN3O4S/c21-17-8-7-16(29-17)20(27)23-11-18(25)22-10-9-13-1-5-15(6-2-13)28-12-19(26)24-14-3-4-14/h1-2,5-8,14H,3-4,9-12H2,(H,22,25)(H,23,27)(H,24,26). The Balaban J connectivity index is 1.30. The van der Waals surface area contributed by atoms with Crippen LogP contribution in [0.1, 0.15) is 28.1 Å². The predicted octanol–water partition coefficient (Wildman–Crippen LogP) is 2.26. The van der Waals surface area contributed by atoms with Gasteiger partial charge in [-0.05, 0) is 65.0 Å². The second-order valence-electron chi connectivity index (χ2n) is 6.66. The van der Waals surface area contributed by atoms with Crippen molar-refractivity contribution in [3.8, 4) is 5.75 Å². The molecule has 0 unspecified atom stereocenters. The van der Waals surface area contributed by atoms with Crippen molar-refractivity contribution in [3.63, 3.8) is 0 Å². The normalized spacial score (nSPS) is 12.9. The molecular weight excluding hydrogens is 458 g/mol. The van der Waals surface area contributed by atoms with Crippen molar-refractivity contribution in [1.82, 2.24) is 16.0 Å². The molecule has 1 heterocycles. The maximum atomic E-state index is 11.9. The molecule has 3 rings (SSSR count). The molecule has 1 saturated carbocycles. The highest BCUT2D eigenvalue weighted by Gasteiger charge is 2.23. The van der Waals surface area contributed by atoms with E-state index in [1.807, 2.05) is 12.1 Å². The molecule has 29 heavy (non-hydrogen) atoms. The van der Waals surface area contributed by atoms with Crippen molar-refractivity contribution >= 4 is 45.0 Å². The van der Waals surface area contributed by atoms with Crippen LogP contribution in [0.15, 0.2) is 40.2 Å². The lowest BCUT2D eigenvalue weighted by Gasteiger charge is -2.09. The average Bonchev–Trinajstić information content (AvgIpc) is 3.42. The Morgan fingerprint density at radius 3 is 2.45 bits per heavy atom. The Morgan fingerprint density at radius 2 is 1.79 bits per heavy atom. The van der Waals surface area contributed by atoms with E-state index in [9.17, 15) is 14.4 Å². The van der Waals surface area contributed by atoms with Crippen LogP contribution in [0.3, 0.4) is 0 Å². The molecule has 0 spiro atoms. The Labute approximate surface area is 181 Å². The van der Waals surface area contributed by atoms with E-state index in [1.54, 1.807) is 24.3 Å². The van der Waals surface area contributed by atoms with Gasteiger partial charge in [-0.25, -0.2) is 0 Å². The maximum Gasteiger partial charge on any atom is 0.261 e. The van der Waals surface area contributed by atoms with Gasteiger partial charge in [0.25, 0.3) is 11.8 Å². The number of halogens is 1. The van der Waals surface area contributed by atoms with Crippen molar-refractivity contribution in [3.05, 3.63) is 50.6 Å². The molecule has 1 aromatic carbocycles. The fraction of sp³-hybridized carbons (Fsp3) is 0.350. The SMILES string of the molecule is O=C(CNC(=O)c1ccc(Br)s1)NCCc1ccc(OCC(=O)NC2CC2)cc1. The molecule has 1 aliphatic carbocycles. The van der Waals surface area contributed by atoms with Crippen LogP contribution in [0.5, 0.6) is 5.75 Å². The van der Waals surface area contributed by atoms with E-state index < -0.39 is 0 Å². The second-order valence-corrected chi connectivity index (χ2v) is 9.12. The van der Waals surface area contributed by atoms with Gasteiger partial charge < -0.3 is 20.7 Å². The zero-order valence-corrected chi connectivity index (χ0v) is 18.1.